The fourth-order valence-corrected chi connectivity index (χ4v) is 1.89. The number of hydrogen-bond acceptors (Lipinski definition) is 2. The van der Waals surface area contributed by atoms with E-state index in [1.165, 1.54) is 0 Å². The van der Waals surface area contributed by atoms with E-state index in [1.54, 1.807) is 20.8 Å². The molecule has 3 unspecified atom stereocenters. The molecule has 0 amide bonds. The summed E-state index contributed by atoms with van der Waals surface area (Å²) in [6, 6.07) is 0. The summed E-state index contributed by atoms with van der Waals surface area (Å²) in [6.45, 7) is 4.75. The van der Waals surface area contributed by atoms with E-state index >= 15 is 0 Å². The molecule has 0 heterocycles. The van der Waals surface area contributed by atoms with Gasteiger partial charge in [-0.3, -0.25) is 0 Å². The van der Waals surface area contributed by atoms with Gasteiger partial charge in [0.15, 0.2) is 22.2 Å². The van der Waals surface area contributed by atoms with Crippen LogP contribution in [-0.4, -0.2) is 27.5 Å². The Morgan fingerprint density at radius 1 is 1.33 bits per heavy atom. The molecule has 6 heteroatoms. The zero-order chi connectivity index (χ0) is 9.94. The molecule has 2 N–H and O–H groups in total. The lowest BCUT2D eigenvalue weighted by Gasteiger charge is -2.22. The van der Waals surface area contributed by atoms with Gasteiger partial charge in [0.05, 0.1) is 10.00 Å². The summed E-state index contributed by atoms with van der Waals surface area (Å²) in [5.74, 6) is 0. The normalized spacial score (nSPS) is 20.1. The van der Waals surface area contributed by atoms with E-state index in [0.29, 0.717) is 0 Å². The first-order valence-electron chi connectivity index (χ1n) is 3.48. The van der Waals surface area contributed by atoms with E-state index in [1.807, 2.05) is 0 Å². The Morgan fingerprint density at radius 2 is 1.75 bits per heavy atom. The van der Waals surface area contributed by atoms with E-state index in [2.05, 4.69) is 0 Å². The van der Waals surface area contributed by atoms with Gasteiger partial charge in [-0.15, -0.1) is 0 Å². The average molecular weight is 214 g/mol. The van der Waals surface area contributed by atoms with Crippen LogP contribution in [0.15, 0.2) is 0 Å². The maximum absolute atomic E-state index is 10.7. The van der Waals surface area contributed by atoms with Crippen LogP contribution >= 0.6 is 0 Å². The van der Waals surface area contributed by atoms with Crippen LogP contribution in [0, 0.1) is 0 Å². The molecule has 0 aromatic heterocycles. The Bertz CT molecular complexity index is 202. The molecule has 3 atom stereocenters. The lowest BCUT2D eigenvalue weighted by molar-refractivity contribution is 0.487. The highest BCUT2D eigenvalue weighted by Gasteiger charge is 2.29. The van der Waals surface area contributed by atoms with Crippen LogP contribution < -0.4 is 0 Å². The van der Waals surface area contributed by atoms with Gasteiger partial charge >= 0.3 is 0 Å². The van der Waals surface area contributed by atoms with Crippen molar-refractivity contribution in [3.8, 4) is 0 Å². The summed E-state index contributed by atoms with van der Waals surface area (Å²) in [5.41, 5.74) is 0. The molecule has 0 radical (unpaired) electrons. The highest BCUT2D eigenvalue weighted by Crippen LogP contribution is 2.20. The lowest BCUT2D eigenvalue weighted by Crippen LogP contribution is -2.31. The molecular formula is C6H14O4S2. The van der Waals surface area contributed by atoms with Gasteiger partial charge in [0, 0.05) is 0 Å². The van der Waals surface area contributed by atoms with Gasteiger partial charge < -0.3 is 9.11 Å². The topological polar surface area (TPSA) is 74.6 Å². The standard InChI is InChI=1S/C6H14O4S2/c1-5(11(7)8)4-6(2,3)12(9)10/h5H,4H2,1-3H3,(H,7,8)(H,9,10). The van der Waals surface area contributed by atoms with Crippen LogP contribution in [-0.2, 0) is 22.2 Å². The minimum Gasteiger partial charge on any atom is -0.306 e. The summed E-state index contributed by atoms with van der Waals surface area (Å²) >= 11 is -3.88. The van der Waals surface area contributed by atoms with Crippen LogP contribution in [0.1, 0.15) is 27.2 Å². The summed E-state index contributed by atoms with van der Waals surface area (Å²) in [6.07, 6.45) is 0.249. The van der Waals surface area contributed by atoms with Gasteiger partial charge in [-0.2, -0.15) is 0 Å². The van der Waals surface area contributed by atoms with E-state index in [4.69, 9.17) is 9.11 Å². The van der Waals surface area contributed by atoms with Gasteiger partial charge in [-0.05, 0) is 27.2 Å². The molecule has 4 nitrogen and oxygen atoms in total. The van der Waals surface area contributed by atoms with Crippen molar-refractivity contribution in [1.82, 2.24) is 0 Å². The molecule has 12 heavy (non-hydrogen) atoms. The second-order valence-corrected chi connectivity index (χ2v) is 6.26. The lowest BCUT2D eigenvalue weighted by atomic mass is 10.1. The Kier molecular flexibility index (Phi) is 4.54. The van der Waals surface area contributed by atoms with Gasteiger partial charge in [0.25, 0.3) is 0 Å². The van der Waals surface area contributed by atoms with Crippen LogP contribution in [0.5, 0.6) is 0 Å². The first-order valence-corrected chi connectivity index (χ1v) is 5.75. The Labute approximate surface area is 77.3 Å². The zero-order valence-corrected chi connectivity index (χ0v) is 8.94. The SMILES string of the molecule is CC(CC(C)(C)S(=O)O)S(=O)O. The van der Waals surface area contributed by atoms with E-state index in [-0.39, 0.29) is 6.42 Å². The van der Waals surface area contributed by atoms with Crippen molar-refractivity contribution < 1.29 is 17.5 Å². The monoisotopic (exact) mass is 214 g/mol. The molecule has 0 spiro atoms. The van der Waals surface area contributed by atoms with E-state index in [9.17, 15) is 8.42 Å². The highest BCUT2D eigenvalue weighted by molar-refractivity contribution is 7.81. The van der Waals surface area contributed by atoms with E-state index in [0.717, 1.165) is 0 Å². The second-order valence-electron chi connectivity index (χ2n) is 3.30. The average Bonchev–Trinajstić information content (AvgIpc) is 1.85. The first kappa shape index (κ1) is 12.2. The van der Waals surface area contributed by atoms with Gasteiger partial charge in [0.2, 0.25) is 0 Å². The van der Waals surface area contributed by atoms with Crippen molar-refractivity contribution in [2.75, 3.05) is 0 Å². The van der Waals surface area contributed by atoms with Crippen molar-refractivity contribution >= 4 is 22.2 Å². The van der Waals surface area contributed by atoms with Gasteiger partial charge in [0.1, 0.15) is 0 Å². The molecule has 0 aromatic carbocycles. The number of rotatable bonds is 4. The third-order valence-corrected chi connectivity index (χ3v) is 3.56. The minimum absolute atomic E-state index is 0.249. The van der Waals surface area contributed by atoms with Crippen molar-refractivity contribution in [3.05, 3.63) is 0 Å². The third kappa shape index (κ3) is 3.75. The third-order valence-electron chi connectivity index (χ3n) is 1.60. The maximum atomic E-state index is 10.7. The summed E-state index contributed by atoms with van der Waals surface area (Å²) in [7, 11) is 0. The van der Waals surface area contributed by atoms with Gasteiger partial charge in [-0.1, -0.05) is 0 Å². The second kappa shape index (κ2) is 4.45. The quantitative estimate of drug-likeness (QED) is 0.684. The Balaban J connectivity index is 4.24. The molecule has 0 saturated heterocycles. The summed E-state index contributed by atoms with van der Waals surface area (Å²) < 4.78 is 37.9. The Morgan fingerprint density at radius 3 is 2.00 bits per heavy atom. The largest absolute Gasteiger partial charge is 0.306 e. The summed E-state index contributed by atoms with van der Waals surface area (Å²) in [4.78, 5) is 0. The van der Waals surface area contributed by atoms with Crippen LogP contribution in [0.3, 0.4) is 0 Å². The molecule has 0 saturated carbocycles. The van der Waals surface area contributed by atoms with Crippen molar-refractivity contribution in [2.45, 2.75) is 37.2 Å². The fourth-order valence-electron chi connectivity index (χ4n) is 0.835. The van der Waals surface area contributed by atoms with Gasteiger partial charge in [-0.25, -0.2) is 8.42 Å². The van der Waals surface area contributed by atoms with Crippen LogP contribution in [0.2, 0.25) is 0 Å². The highest BCUT2D eigenvalue weighted by atomic mass is 32.2. The summed E-state index contributed by atoms with van der Waals surface area (Å²) in [5, 5.41) is -0.476. The molecular weight excluding hydrogens is 200 g/mol. The minimum atomic E-state index is -1.96. The van der Waals surface area contributed by atoms with Crippen LogP contribution in [0.4, 0.5) is 0 Å². The predicted octanol–water partition coefficient (Wildman–Crippen LogP) is 0.987. The van der Waals surface area contributed by atoms with Crippen LogP contribution in [0.25, 0.3) is 0 Å². The molecule has 0 fully saturated rings. The molecule has 0 aliphatic carbocycles. The van der Waals surface area contributed by atoms with Crippen molar-refractivity contribution in [3.63, 3.8) is 0 Å². The number of hydrogen-bond donors (Lipinski definition) is 2. The first-order chi connectivity index (χ1) is 5.27. The van der Waals surface area contributed by atoms with Crippen molar-refractivity contribution in [2.24, 2.45) is 0 Å². The molecule has 0 rings (SSSR count). The zero-order valence-electron chi connectivity index (χ0n) is 7.31. The fraction of sp³-hybridized carbons (Fsp3) is 1.00. The Hall–Kier alpha value is 0.220. The van der Waals surface area contributed by atoms with Crippen molar-refractivity contribution in [1.29, 1.82) is 0 Å². The molecule has 0 bridgehead atoms. The molecule has 74 valence electrons. The molecule has 0 aromatic rings. The smallest absolute Gasteiger partial charge is 0.158 e. The molecule has 0 aliphatic rings. The predicted molar refractivity (Wildman–Crippen MR) is 49.7 cm³/mol. The van der Waals surface area contributed by atoms with E-state index < -0.39 is 32.2 Å². The molecule has 0 aliphatic heterocycles. The maximum Gasteiger partial charge on any atom is 0.158 e.